The van der Waals surface area contributed by atoms with Crippen molar-refractivity contribution in [1.82, 2.24) is 7.17 Å². The van der Waals surface area contributed by atoms with E-state index in [1.807, 2.05) is 39.0 Å². The third kappa shape index (κ3) is 4.85. The van der Waals surface area contributed by atoms with Gasteiger partial charge in [0.15, 0.2) is 0 Å². The van der Waals surface area contributed by atoms with Crippen molar-refractivity contribution in [3.8, 4) is 0 Å². The molecule has 2 aromatic rings. The fourth-order valence-electron chi connectivity index (χ4n) is 6.14. The predicted molar refractivity (Wildman–Crippen MR) is 170 cm³/mol. The third-order valence-corrected chi connectivity index (χ3v) is 10.1. The van der Waals surface area contributed by atoms with Crippen LogP contribution in [0.3, 0.4) is 0 Å². The number of aliphatic imine (C=N–C) groups is 2. The number of carboxylic acids is 2. The first-order valence-corrected chi connectivity index (χ1v) is 15.1. The van der Waals surface area contributed by atoms with E-state index in [0.717, 1.165) is 83.7 Å². The molecule has 0 aromatic carbocycles. The Bertz CT molecular complexity index is 2020. The molecular formula is C34H34FeN4O5. The molecule has 6 bridgehead atoms. The SMILES string of the molecule is C=CC1=C(C)C2=NC/1=C\c1c(C)c(C=C)c3[n]1[Fe][n]1/c(c(C)c(CCC(=O)O)/c1=C/C1=NC(=C\3)/C(C)=C1CCC(=O)O)=C\2.O. The Hall–Kier alpha value is -4.50. The van der Waals surface area contributed by atoms with Gasteiger partial charge in [-0.2, -0.15) is 0 Å². The maximum Gasteiger partial charge on any atom is -0.412 e. The number of nitrogens with zero attached hydrogens (tertiary/aromatic N) is 4. The number of carbonyl (C=O) groups is 2. The van der Waals surface area contributed by atoms with Gasteiger partial charge in [-0.25, -0.2) is 0 Å². The Morgan fingerprint density at radius 3 is 2.09 bits per heavy atom. The van der Waals surface area contributed by atoms with Crippen molar-refractivity contribution in [2.75, 3.05) is 0 Å². The van der Waals surface area contributed by atoms with Gasteiger partial charge < -0.3 is 5.48 Å². The van der Waals surface area contributed by atoms with Crippen molar-refractivity contribution in [3.63, 3.8) is 0 Å². The maximum atomic E-state index is 11.8. The fraction of sp³-hybridized carbons (Fsp3) is 0.235. The summed E-state index contributed by atoms with van der Waals surface area (Å²) in [6.07, 6.45) is 12.7. The number of hydrogen-bond donors (Lipinski definition) is 2. The molecule has 4 aliphatic heterocycles. The van der Waals surface area contributed by atoms with Crippen LogP contribution in [0.15, 0.2) is 62.9 Å². The minimum atomic E-state index is -0.868. The first kappa shape index (κ1) is 30.9. The van der Waals surface area contributed by atoms with Crippen LogP contribution in [0, 0.1) is 13.8 Å². The molecule has 0 radical (unpaired) electrons. The second kappa shape index (κ2) is 11.5. The van der Waals surface area contributed by atoms with Crippen molar-refractivity contribution in [1.29, 1.82) is 0 Å². The minimum absolute atomic E-state index is 0. The molecule has 4 N–H and O–H groups in total. The number of aromatic nitrogens is 2. The molecule has 0 amide bonds. The van der Waals surface area contributed by atoms with Crippen molar-refractivity contribution in [3.05, 3.63) is 97.3 Å². The van der Waals surface area contributed by atoms with E-state index in [2.05, 4.69) is 45.5 Å². The molecule has 4 aliphatic rings. The summed E-state index contributed by atoms with van der Waals surface area (Å²) in [4.78, 5) is 33.4. The van der Waals surface area contributed by atoms with Crippen LogP contribution in [0.1, 0.15) is 66.8 Å². The molecular weight excluding hydrogens is 600 g/mol. The molecule has 44 heavy (non-hydrogen) atoms. The molecule has 0 unspecified atom stereocenters. The number of carboxylic acid groups (broad SMARTS) is 2. The average molecular weight is 635 g/mol. The van der Waals surface area contributed by atoms with Crippen molar-refractivity contribution in [2.24, 2.45) is 9.98 Å². The van der Waals surface area contributed by atoms with Gasteiger partial charge in [0, 0.05) is 0 Å². The zero-order chi connectivity index (χ0) is 30.7. The van der Waals surface area contributed by atoms with Crippen LogP contribution >= 0.6 is 0 Å². The van der Waals surface area contributed by atoms with Gasteiger partial charge >= 0.3 is 257 Å². The summed E-state index contributed by atoms with van der Waals surface area (Å²) < 4.78 is 4.47. The Morgan fingerprint density at radius 1 is 0.795 bits per heavy atom. The average Bonchev–Trinajstić information content (AvgIpc) is 3.58. The molecule has 6 heterocycles. The molecule has 0 fully saturated rings. The van der Waals surface area contributed by atoms with Crippen LogP contribution in [0.5, 0.6) is 0 Å². The molecule has 9 nitrogen and oxygen atoms in total. The van der Waals surface area contributed by atoms with Crippen LogP contribution in [0.4, 0.5) is 0 Å². The Kier molecular flexibility index (Phi) is 8.11. The first-order valence-electron chi connectivity index (χ1n) is 14.1. The van der Waals surface area contributed by atoms with E-state index >= 15 is 0 Å². The first-order chi connectivity index (χ1) is 20.5. The van der Waals surface area contributed by atoms with E-state index in [0.29, 0.717) is 33.9 Å². The van der Waals surface area contributed by atoms with E-state index in [9.17, 15) is 19.8 Å². The Morgan fingerprint density at radius 2 is 1.43 bits per heavy atom. The quantitative estimate of drug-likeness (QED) is 0.425. The minimum Gasteiger partial charge on any atom is -0.412 e. The molecule has 0 saturated heterocycles. The predicted octanol–water partition coefficient (Wildman–Crippen LogP) is 3.91. The van der Waals surface area contributed by atoms with E-state index in [1.165, 1.54) is 0 Å². The largest absolute Gasteiger partial charge is 0.412 e. The Labute approximate surface area is 261 Å². The van der Waals surface area contributed by atoms with Crippen LogP contribution in [-0.4, -0.2) is 46.2 Å². The maximum absolute atomic E-state index is 11.8. The molecule has 0 atom stereocenters. The van der Waals surface area contributed by atoms with Gasteiger partial charge in [-0.15, -0.1) is 0 Å². The summed E-state index contributed by atoms with van der Waals surface area (Å²) in [5.74, 6) is -1.74. The van der Waals surface area contributed by atoms with Gasteiger partial charge in [-0.1, -0.05) is 0 Å². The summed E-state index contributed by atoms with van der Waals surface area (Å²) >= 11 is 0.463. The van der Waals surface area contributed by atoms with Crippen LogP contribution in [-0.2, 0) is 31.4 Å². The summed E-state index contributed by atoms with van der Waals surface area (Å²) in [5.41, 5.74) is 12.9. The topological polar surface area (TPSA) is 141 Å². The fourth-order valence-corrected chi connectivity index (χ4v) is 7.77. The zero-order valence-corrected chi connectivity index (χ0v) is 26.2. The van der Waals surface area contributed by atoms with E-state index < -0.39 is 11.9 Å². The van der Waals surface area contributed by atoms with Crippen molar-refractivity contribution < 1.29 is 40.7 Å². The van der Waals surface area contributed by atoms with E-state index in [1.54, 1.807) is 0 Å². The van der Waals surface area contributed by atoms with Gasteiger partial charge in [0.2, 0.25) is 0 Å². The van der Waals surface area contributed by atoms with Crippen molar-refractivity contribution in [2.45, 2.75) is 53.4 Å². The van der Waals surface area contributed by atoms with Gasteiger partial charge in [0.05, 0.1) is 0 Å². The van der Waals surface area contributed by atoms with Crippen LogP contribution in [0.2, 0.25) is 0 Å². The standard InChI is InChI=1S/C34H34N4O4.Fe.H2O/c1-7-21-17(3)25-13-26-19(5)23(9-11-33(39)40)31(37-26)16-32-24(10-12-34(41)42)20(6)28(38-32)15-30-22(8-2)18(4)27(36-30)14-29(21)35-25;;/h7-8,13-16H,1-2,9-12H2,3-6H3,(H4,35,36,37,38,39,40,41,42);;1H2/q;+2;/p-2/b25-13?,26-13-,27-14?,28-15-,29-14-,30-15?,31-16-,32-16?;;. The number of hydrogen-bond acceptors (Lipinski definition) is 4. The molecule has 2 aromatic heterocycles. The molecule has 10 heteroatoms. The summed E-state index contributed by atoms with van der Waals surface area (Å²) in [6, 6.07) is 0. The number of fused-ring (bicyclic) bond motifs is 2. The molecule has 0 saturated carbocycles. The third-order valence-electron chi connectivity index (χ3n) is 8.55. The van der Waals surface area contributed by atoms with Gasteiger partial charge in [0.1, 0.15) is 0 Å². The molecule has 6 rings (SSSR count). The normalized spacial score (nSPS) is 20.3. The van der Waals surface area contributed by atoms with E-state index in [4.69, 9.17) is 9.98 Å². The second-order valence-electron chi connectivity index (χ2n) is 11.0. The van der Waals surface area contributed by atoms with E-state index in [-0.39, 0.29) is 18.3 Å². The van der Waals surface area contributed by atoms with Crippen LogP contribution in [0.25, 0.3) is 30.4 Å². The number of aliphatic carboxylic acids is 2. The van der Waals surface area contributed by atoms with Crippen LogP contribution < -0.4 is 10.7 Å². The van der Waals surface area contributed by atoms with Crippen molar-refractivity contribution >= 4 is 53.7 Å². The monoisotopic (exact) mass is 634 g/mol. The second-order valence-corrected chi connectivity index (χ2v) is 12.2. The Balaban J connectivity index is 0.00000384. The number of rotatable bonds is 8. The van der Waals surface area contributed by atoms with Gasteiger partial charge in [-0.3, -0.25) is 0 Å². The molecule has 228 valence electrons. The zero-order valence-electron chi connectivity index (χ0n) is 25.1. The number of allylic oxidation sites excluding steroid dienone is 4. The van der Waals surface area contributed by atoms with Gasteiger partial charge in [-0.05, 0) is 0 Å². The molecule has 0 spiro atoms. The smallest absolute Gasteiger partial charge is 0.412 e. The molecule has 0 aliphatic carbocycles. The summed E-state index contributed by atoms with van der Waals surface area (Å²) in [7, 11) is 0. The summed E-state index contributed by atoms with van der Waals surface area (Å²) in [5, 5.41) is 21.0. The summed E-state index contributed by atoms with van der Waals surface area (Å²) in [6.45, 7) is 16.4. The van der Waals surface area contributed by atoms with Gasteiger partial charge in [0.25, 0.3) is 0 Å².